The molecular weight excluding hydrogens is 230 g/mol. The topological polar surface area (TPSA) is 57.0 Å². The van der Waals surface area contributed by atoms with Crippen LogP contribution in [0.5, 0.6) is 0 Å². The minimum Gasteiger partial charge on any atom is -0.460 e. The van der Waals surface area contributed by atoms with Crippen molar-refractivity contribution in [2.24, 2.45) is 5.41 Å². The van der Waals surface area contributed by atoms with Crippen molar-refractivity contribution in [2.45, 2.75) is 53.0 Å². The number of ether oxygens (including phenoxy) is 1. The number of rotatable bonds is 3. The van der Waals surface area contributed by atoms with Gasteiger partial charge in [0.1, 0.15) is 5.82 Å². The summed E-state index contributed by atoms with van der Waals surface area (Å²) in [5.74, 6) is 0.758. The predicted octanol–water partition coefficient (Wildman–Crippen LogP) is 2.51. The zero-order chi connectivity index (χ0) is 13.3. The molecule has 1 aliphatic carbocycles. The van der Waals surface area contributed by atoms with Crippen molar-refractivity contribution in [3.63, 3.8) is 0 Å². The Morgan fingerprint density at radius 1 is 1.50 bits per heavy atom. The minimum atomic E-state index is -0.374. The molecule has 0 radical (unpaired) electrons. The molecule has 18 heavy (non-hydrogen) atoms. The van der Waals surface area contributed by atoms with E-state index in [4.69, 9.17) is 4.74 Å². The maximum atomic E-state index is 11.9. The number of carbonyl (C=O) groups excluding carboxylic acids is 1. The third kappa shape index (κ3) is 2.13. The van der Waals surface area contributed by atoms with E-state index in [1.807, 2.05) is 11.5 Å². The fourth-order valence-corrected chi connectivity index (χ4v) is 2.86. The predicted molar refractivity (Wildman–Crippen MR) is 67.4 cm³/mol. The van der Waals surface area contributed by atoms with Gasteiger partial charge in [-0.1, -0.05) is 20.3 Å². The summed E-state index contributed by atoms with van der Waals surface area (Å²) in [4.78, 5) is 11.9. The van der Waals surface area contributed by atoms with Crippen molar-refractivity contribution in [1.29, 1.82) is 0 Å². The van der Waals surface area contributed by atoms with Crippen molar-refractivity contribution >= 4 is 5.97 Å². The summed E-state index contributed by atoms with van der Waals surface area (Å²) in [7, 11) is 0. The zero-order valence-electron chi connectivity index (χ0n) is 11.6. The molecule has 100 valence electrons. The summed E-state index contributed by atoms with van der Waals surface area (Å²) in [5, 5.41) is 8.02. The van der Waals surface area contributed by atoms with Gasteiger partial charge < -0.3 is 9.30 Å². The highest BCUT2D eigenvalue weighted by atomic mass is 16.5. The summed E-state index contributed by atoms with van der Waals surface area (Å²) in [6.07, 6.45) is 3.41. The molecule has 0 aromatic carbocycles. The van der Waals surface area contributed by atoms with Crippen molar-refractivity contribution in [2.75, 3.05) is 6.61 Å². The molecule has 1 heterocycles. The molecule has 0 spiro atoms. The highest BCUT2D eigenvalue weighted by molar-refractivity contribution is 5.85. The van der Waals surface area contributed by atoms with Crippen molar-refractivity contribution in [1.82, 2.24) is 14.8 Å². The molecule has 5 heteroatoms. The summed E-state index contributed by atoms with van der Waals surface area (Å²) in [6, 6.07) is 0.284. The molecule has 1 aromatic rings. The molecule has 0 bridgehead atoms. The van der Waals surface area contributed by atoms with Gasteiger partial charge in [0.2, 0.25) is 5.82 Å². The smallest absolute Gasteiger partial charge is 0.376 e. The van der Waals surface area contributed by atoms with Gasteiger partial charge in [-0.2, -0.15) is 0 Å². The average molecular weight is 251 g/mol. The molecule has 1 fully saturated rings. The monoisotopic (exact) mass is 251 g/mol. The first-order chi connectivity index (χ1) is 8.47. The number of carbonyl (C=O) groups is 1. The van der Waals surface area contributed by atoms with Gasteiger partial charge in [0.05, 0.1) is 6.61 Å². The van der Waals surface area contributed by atoms with Crippen LogP contribution in [0.4, 0.5) is 0 Å². The molecule has 1 saturated carbocycles. The first kappa shape index (κ1) is 13.1. The second-order valence-corrected chi connectivity index (χ2v) is 5.56. The van der Waals surface area contributed by atoms with E-state index in [9.17, 15) is 4.79 Å². The third-order valence-electron chi connectivity index (χ3n) is 3.84. The minimum absolute atomic E-state index is 0.175. The Balaban J connectivity index is 2.38. The number of esters is 1. The molecule has 1 aliphatic rings. The van der Waals surface area contributed by atoms with Crippen LogP contribution in [-0.2, 0) is 4.74 Å². The lowest BCUT2D eigenvalue weighted by atomic mass is 9.87. The van der Waals surface area contributed by atoms with Crippen molar-refractivity contribution < 1.29 is 9.53 Å². The molecule has 1 aromatic heterocycles. The summed E-state index contributed by atoms with van der Waals surface area (Å²) in [6.45, 7) is 8.52. The standard InChI is InChI=1S/C13H21N3O2/c1-5-18-12(17)11-15-14-9(2)16(11)10-7-6-8-13(10,3)4/h10H,5-8H2,1-4H3. The molecule has 5 nitrogen and oxygen atoms in total. The molecule has 2 rings (SSSR count). The quantitative estimate of drug-likeness (QED) is 0.774. The Morgan fingerprint density at radius 3 is 2.78 bits per heavy atom. The Hall–Kier alpha value is -1.39. The first-order valence-electron chi connectivity index (χ1n) is 6.56. The normalized spacial score (nSPS) is 22.1. The molecule has 0 aliphatic heterocycles. The highest BCUT2D eigenvalue weighted by Gasteiger charge is 2.38. The van der Waals surface area contributed by atoms with Crippen molar-refractivity contribution in [3.05, 3.63) is 11.6 Å². The SMILES string of the molecule is CCOC(=O)c1nnc(C)n1C1CCCC1(C)C. The molecule has 1 atom stereocenters. The fraction of sp³-hybridized carbons (Fsp3) is 0.769. The van der Waals surface area contributed by atoms with E-state index in [1.165, 1.54) is 6.42 Å². The van der Waals surface area contributed by atoms with E-state index in [2.05, 4.69) is 24.0 Å². The van der Waals surface area contributed by atoms with Gasteiger partial charge in [-0.25, -0.2) is 4.79 Å². The largest absolute Gasteiger partial charge is 0.460 e. The molecule has 0 amide bonds. The maximum Gasteiger partial charge on any atom is 0.376 e. The number of aryl methyl sites for hydroxylation is 1. The molecular formula is C13H21N3O2. The molecule has 0 saturated heterocycles. The summed E-state index contributed by atoms with van der Waals surface area (Å²) >= 11 is 0. The maximum absolute atomic E-state index is 11.9. The Kier molecular flexibility index (Phi) is 3.41. The lowest BCUT2D eigenvalue weighted by Gasteiger charge is -2.29. The zero-order valence-corrected chi connectivity index (χ0v) is 11.6. The second kappa shape index (κ2) is 4.71. The van der Waals surface area contributed by atoms with Gasteiger partial charge in [-0.15, -0.1) is 10.2 Å². The van der Waals surface area contributed by atoms with Crippen LogP contribution in [0.1, 0.15) is 62.5 Å². The number of hydrogen-bond donors (Lipinski definition) is 0. The third-order valence-corrected chi connectivity index (χ3v) is 3.84. The Morgan fingerprint density at radius 2 is 2.22 bits per heavy atom. The first-order valence-corrected chi connectivity index (χ1v) is 6.56. The van der Waals surface area contributed by atoms with Crippen LogP contribution in [0.2, 0.25) is 0 Å². The van der Waals surface area contributed by atoms with Gasteiger partial charge in [0.25, 0.3) is 0 Å². The van der Waals surface area contributed by atoms with Gasteiger partial charge in [0.15, 0.2) is 0 Å². The highest BCUT2D eigenvalue weighted by Crippen LogP contribution is 2.46. The Labute approximate surface area is 108 Å². The van der Waals surface area contributed by atoms with Crippen molar-refractivity contribution in [3.8, 4) is 0 Å². The number of aromatic nitrogens is 3. The fourth-order valence-electron chi connectivity index (χ4n) is 2.86. The number of hydrogen-bond acceptors (Lipinski definition) is 4. The van der Waals surface area contributed by atoms with E-state index < -0.39 is 0 Å². The van der Waals surface area contributed by atoms with E-state index in [0.717, 1.165) is 18.7 Å². The Bertz CT molecular complexity index is 451. The van der Waals surface area contributed by atoms with E-state index in [0.29, 0.717) is 12.4 Å². The number of nitrogens with zero attached hydrogens (tertiary/aromatic N) is 3. The average Bonchev–Trinajstić information content (AvgIpc) is 2.81. The summed E-state index contributed by atoms with van der Waals surface area (Å²) < 4.78 is 7.01. The molecule has 1 unspecified atom stereocenters. The van der Waals surface area contributed by atoms with Gasteiger partial charge in [-0.3, -0.25) is 0 Å². The van der Waals surface area contributed by atoms with Crippen LogP contribution in [0.3, 0.4) is 0 Å². The lowest BCUT2D eigenvalue weighted by Crippen LogP contribution is -2.26. The van der Waals surface area contributed by atoms with Gasteiger partial charge >= 0.3 is 5.97 Å². The van der Waals surface area contributed by atoms with Crippen LogP contribution >= 0.6 is 0 Å². The lowest BCUT2D eigenvalue weighted by molar-refractivity contribution is 0.0498. The van der Waals surface area contributed by atoms with Gasteiger partial charge in [-0.05, 0) is 32.1 Å². The second-order valence-electron chi connectivity index (χ2n) is 5.56. The van der Waals surface area contributed by atoms with Gasteiger partial charge in [0, 0.05) is 6.04 Å². The molecule has 0 N–H and O–H groups in total. The van der Waals surface area contributed by atoms with Crippen LogP contribution in [0.15, 0.2) is 0 Å². The van der Waals surface area contributed by atoms with Crippen LogP contribution in [0, 0.1) is 12.3 Å². The van der Waals surface area contributed by atoms with E-state index in [-0.39, 0.29) is 17.4 Å². The summed E-state index contributed by atoms with van der Waals surface area (Å²) in [5.41, 5.74) is 0.175. The van der Waals surface area contributed by atoms with Crippen LogP contribution in [0.25, 0.3) is 0 Å². The van der Waals surface area contributed by atoms with Crippen LogP contribution in [-0.4, -0.2) is 27.3 Å². The van der Waals surface area contributed by atoms with E-state index >= 15 is 0 Å². The van der Waals surface area contributed by atoms with Crippen LogP contribution < -0.4 is 0 Å². The van der Waals surface area contributed by atoms with E-state index in [1.54, 1.807) is 6.92 Å².